The standard InChI is InChI=1S/C15H18F4N2O3/c1-3-24-13(23)14(15(17,18)19,21-10(2)22)20-9-8-11-4-6-12(16)7-5-11/h4-7,20H,3,8-9H2,1-2H3,(H,21,22)/t14-/m0/s1. The first-order chi connectivity index (χ1) is 11.1. The highest BCUT2D eigenvalue weighted by atomic mass is 19.4. The summed E-state index contributed by atoms with van der Waals surface area (Å²) in [5.74, 6) is -3.16. The molecule has 0 bridgehead atoms. The van der Waals surface area contributed by atoms with E-state index in [2.05, 4.69) is 4.74 Å². The molecule has 0 heterocycles. The van der Waals surface area contributed by atoms with Gasteiger partial charge in [0.15, 0.2) is 0 Å². The second-order valence-corrected chi connectivity index (χ2v) is 4.95. The molecule has 0 radical (unpaired) electrons. The van der Waals surface area contributed by atoms with Gasteiger partial charge in [-0.3, -0.25) is 10.1 Å². The van der Waals surface area contributed by atoms with Crippen LogP contribution in [0.5, 0.6) is 0 Å². The van der Waals surface area contributed by atoms with Gasteiger partial charge >= 0.3 is 12.1 Å². The molecule has 24 heavy (non-hydrogen) atoms. The lowest BCUT2D eigenvalue weighted by Gasteiger charge is -2.34. The minimum Gasteiger partial charge on any atom is -0.463 e. The maximum Gasteiger partial charge on any atom is 0.436 e. The number of carbonyl (C=O) groups excluding carboxylic acids is 2. The van der Waals surface area contributed by atoms with E-state index in [-0.39, 0.29) is 19.6 Å². The predicted octanol–water partition coefficient (Wildman–Crippen LogP) is 1.92. The Balaban J connectivity index is 2.96. The van der Waals surface area contributed by atoms with E-state index in [4.69, 9.17) is 0 Å². The van der Waals surface area contributed by atoms with Crippen molar-refractivity contribution >= 4 is 11.9 Å². The molecule has 0 saturated heterocycles. The largest absolute Gasteiger partial charge is 0.463 e. The fraction of sp³-hybridized carbons (Fsp3) is 0.467. The van der Waals surface area contributed by atoms with E-state index in [0.717, 1.165) is 6.92 Å². The van der Waals surface area contributed by atoms with Crippen LogP contribution in [0.1, 0.15) is 19.4 Å². The smallest absolute Gasteiger partial charge is 0.436 e. The van der Waals surface area contributed by atoms with Gasteiger partial charge in [-0.25, -0.2) is 9.18 Å². The number of carbonyl (C=O) groups is 2. The SMILES string of the molecule is CCOC(=O)[C@](NCCc1ccc(F)cc1)(NC(C)=O)C(F)(F)F. The maximum absolute atomic E-state index is 13.5. The highest BCUT2D eigenvalue weighted by molar-refractivity contribution is 5.87. The molecule has 0 aromatic heterocycles. The Kier molecular flexibility index (Phi) is 6.70. The van der Waals surface area contributed by atoms with E-state index in [9.17, 15) is 27.2 Å². The zero-order valence-electron chi connectivity index (χ0n) is 13.2. The van der Waals surface area contributed by atoms with Crippen molar-refractivity contribution in [3.05, 3.63) is 35.6 Å². The number of hydrogen-bond donors (Lipinski definition) is 2. The molecular formula is C15H18F4N2O3. The van der Waals surface area contributed by atoms with Gasteiger partial charge in [-0.1, -0.05) is 12.1 Å². The average Bonchev–Trinajstić information content (AvgIpc) is 2.46. The van der Waals surface area contributed by atoms with Gasteiger partial charge in [-0.15, -0.1) is 0 Å². The summed E-state index contributed by atoms with van der Waals surface area (Å²) >= 11 is 0. The topological polar surface area (TPSA) is 67.4 Å². The molecule has 0 spiro atoms. The van der Waals surface area contributed by atoms with Crippen LogP contribution in [0.25, 0.3) is 0 Å². The number of amides is 1. The minimum atomic E-state index is -5.12. The minimum absolute atomic E-state index is 0.0805. The zero-order valence-corrected chi connectivity index (χ0v) is 13.2. The molecule has 1 atom stereocenters. The van der Waals surface area contributed by atoms with Crippen molar-refractivity contribution < 1.29 is 31.9 Å². The van der Waals surface area contributed by atoms with E-state index < -0.39 is 29.5 Å². The van der Waals surface area contributed by atoms with E-state index in [1.807, 2.05) is 5.32 Å². The summed E-state index contributed by atoms with van der Waals surface area (Å²) in [5.41, 5.74) is -2.78. The lowest BCUT2D eigenvalue weighted by atomic mass is 10.1. The summed E-state index contributed by atoms with van der Waals surface area (Å²) in [5, 5.41) is 3.63. The molecule has 0 aliphatic rings. The lowest BCUT2D eigenvalue weighted by molar-refractivity contribution is -0.221. The normalized spacial score (nSPS) is 13.9. The molecule has 1 amide bonds. The van der Waals surface area contributed by atoms with Crippen molar-refractivity contribution in [1.82, 2.24) is 10.6 Å². The highest BCUT2D eigenvalue weighted by Gasteiger charge is 2.62. The molecular weight excluding hydrogens is 332 g/mol. The third-order valence-electron chi connectivity index (χ3n) is 3.09. The third-order valence-corrected chi connectivity index (χ3v) is 3.09. The molecule has 0 unspecified atom stereocenters. The first-order valence-corrected chi connectivity index (χ1v) is 7.14. The fourth-order valence-electron chi connectivity index (χ4n) is 2.00. The van der Waals surface area contributed by atoms with Crippen LogP contribution in [0.3, 0.4) is 0 Å². The number of benzene rings is 1. The van der Waals surface area contributed by atoms with Gasteiger partial charge in [0.1, 0.15) is 5.82 Å². The van der Waals surface area contributed by atoms with Crippen molar-refractivity contribution in [3.8, 4) is 0 Å². The summed E-state index contributed by atoms with van der Waals surface area (Å²) in [4.78, 5) is 23.1. The molecule has 2 N–H and O–H groups in total. The second-order valence-electron chi connectivity index (χ2n) is 4.95. The molecule has 1 rings (SSSR count). The number of hydrogen-bond acceptors (Lipinski definition) is 4. The summed E-state index contributed by atoms with van der Waals surface area (Å²) in [6, 6.07) is 5.17. The number of alkyl halides is 3. The van der Waals surface area contributed by atoms with Gasteiger partial charge in [-0.05, 0) is 31.0 Å². The van der Waals surface area contributed by atoms with E-state index in [1.54, 1.807) is 5.32 Å². The van der Waals surface area contributed by atoms with Gasteiger partial charge in [0, 0.05) is 13.5 Å². The number of ether oxygens (including phenoxy) is 1. The van der Waals surface area contributed by atoms with Crippen LogP contribution in [0.4, 0.5) is 17.6 Å². The van der Waals surface area contributed by atoms with E-state index >= 15 is 0 Å². The number of esters is 1. The Labute approximate surface area is 136 Å². The van der Waals surface area contributed by atoms with Crippen molar-refractivity contribution in [1.29, 1.82) is 0 Å². The summed E-state index contributed by atoms with van der Waals surface area (Å²) < 4.78 is 57.7. The van der Waals surface area contributed by atoms with Gasteiger partial charge in [0.05, 0.1) is 6.61 Å². The van der Waals surface area contributed by atoms with Crippen LogP contribution in [-0.4, -0.2) is 36.9 Å². The van der Waals surface area contributed by atoms with Crippen LogP contribution in [-0.2, 0) is 20.7 Å². The Hall–Kier alpha value is -2.16. The van der Waals surface area contributed by atoms with Crippen molar-refractivity contribution in [2.75, 3.05) is 13.2 Å². The first-order valence-electron chi connectivity index (χ1n) is 7.14. The van der Waals surface area contributed by atoms with Crippen LogP contribution < -0.4 is 10.6 Å². The fourth-order valence-corrected chi connectivity index (χ4v) is 2.00. The summed E-state index contributed by atoms with van der Waals surface area (Å²) in [6.45, 7) is 1.63. The quantitative estimate of drug-likeness (QED) is 0.448. The highest BCUT2D eigenvalue weighted by Crippen LogP contribution is 2.29. The second kappa shape index (κ2) is 8.09. The van der Waals surface area contributed by atoms with Gasteiger partial charge in [0.2, 0.25) is 5.91 Å². The Bertz CT molecular complexity index is 575. The summed E-state index contributed by atoms with van der Waals surface area (Å²) in [6.07, 6.45) is -5.04. The molecule has 134 valence electrons. The number of rotatable bonds is 7. The predicted molar refractivity (Wildman–Crippen MR) is 77.3 cm³/mol. The van der Waals surface area contributed by atoms with Crippen LogP contribution in [0, 0.1) is 5.82 Å². The first kappa shape index (κ1) is 19.9. The monoisotopic (exact) mass is 350 g/mol. The van der Waals surface area contributed by atoms with Crippen LogP contribution >= 0.6 is 0 Å². The lowest BCUT2D eigenvalue weighted by Crippen LogP contribution is -2.72. The summed E-state index contributed by atoms with van der Waals surface area (Å²) in [7, 11) is 0. The molecule has 0 fully saturated rings. The average molecular weight is 350 g/mol. The van der Waals surface area contributed by atoms with E-state index in [1.165, 1.54) is 31.2 Å². The van der Waals surface area contributed by atoms with Crippen LogP contribution in [0.2, 0.25) is 0 Å². The van der Waals surface area contributed by atoms with Crippen molar-refractivity contribution in [3.63, 3.8) is 0 Å². The third kappa shape index (κ3) is 4.92. The molecule has 1 aromatic rings. The molecule has 0 saturated carbocycles. The van der Waals surface area contributed by atoms with E-state index in [0.29, 0.717) is 5.56 Å². The van der Waals surface area contributed by atoms with Gasteiger partial charge in [-0.2, -0.15) is 13.2 Å². The maximum atomic E-state index is 13.5. The van der Waals surface area contributed by atoms with Gasteiger partial charge in [0.25, 0.3) is 5.66 Å². The van der Waals surface area contributed by atoms with Gasteiger partial charge < -0.3 is 10.1 Å². The van der Waals surface area contributed by atoms with Crippen molar-refractivity contribution in [2.24, 2.45) is 0 Å². The molecule has 1 aromatic carbocycles. The Morgan fingerprint density at radius 3 is 2.21 bits per heavy atom. The number of halogens is 4. The zero-order chi connectivity index (χ0) is 18.4. The molecule has 0 aliphatic heterocycles. The van der Waals surface area contributed by atoms with Crippen molar-refractivity contribution in [2.45, 2.75) is 32.1 Å². The van der Waals surface area contributed by atoms with Crippen LogP contribution in [0.15, 0.2) is 24.3 Å². The Morgan fingerprint density at radius 2 is 1.75 bits per heavy atom. The molecule has 5 nitrogen and oxygen atoms in total. The Morgan fingerprint density at radius 1 is 1.17 bits per heavy atom. The molecule has 0 aliphatic carbocycles. The molecule has 9 heteroatoms. The number of nitrogens with one attached hydrogen (secondary N) is 2.